The zero-order valence-electron chi connectivity index (χ0n) is 12.3. The smallest absolute Gasteiger partial charge is 0.196 e. The Morgan fingerprint density at radius 2 is 1.78 bits per heavy atom. The van der Waals surface area contributed by atoms with Crippen molar-refractivity contribution in [2.75, 3.05) is 12.4 Å². The lowest BCUT2D eigenvalue weighted by Crippen LogP contribution is -2.15. The summed E-state index contributed by atoms with van der Waals surface area (Å²) in [5.74, 6) is 1.71. The van der Waals surface area contributed by atoms with E-state index in [1.165, 1.54) is 0 Å². The van der Waals surface area contributed by atoms with Crippen LogP contribution in [0.3, 0.4) is 0 Å². The summed E-state index contributed by atoms with van der Waals surface area (Å²) >= 11 is 3.43. The first-order valence-electron chi connectivity index (χ1n) is 7.39. The molecule has 4 rings (SSSR count). The largest absolute Gasteiger partial charge is 0.489 e. The van der Waals surface area contributed by atoms with E-state index in [1.807, 2.05) is 54.6 Å². The number of rotatable bonds is 3. The van der Waals surface area contributed by atoms with Crippen molar-refractivity contribution in [3.05, 3.63) is 76.5 Å². The van der Waals surface area contributed by atoms with Crippen molar-refractivity contribution in [2.24, 2.45) is 0 Å². The maximum absolute atomic E-state index is 12.9. The molecule has 0 saturated carbocycles. The van der Waals surface area contributed by atoms with Gasteiger partial charge in [-0.05, 0) is 29.8 Å². The molecular formula is C19H14O2S2. The van der Waals surface area contributed by atoms with Crippen molar-refractivity contribution in [1.29, 1.82) is 0 Å². The van der Waals surface area contributed by atoms with Crippen LogP contribution < -0.4 is 10.2 Å². The molecule has 0 atom stereocenters. The van der Waals surface area contributed by atoms with Crippen LogP contribution in [-0.2, 0) is 0 Å². The number of para-hydroxylation sites is 1. The zero-order chi connectivity index (χ0) is 15.6. The molecular weight excluding hydrogens is 324 g/mol. The number of fused-ring (bicyclic) bond motifs is 2. The molecule has 0 fully saturated rings. The predicted molar refractivity (Wildman–Crippen MR) is 98.7 cm³/mol. The van der Waals surface area contributed by atoms with Gasteiger partial charge in [0.1, 0.15) is 12.4 Å². The first kappa shape index (κ1) is 14.5. The highest BCUT2D eigenvalue weighted by molar-refractivity contribution is 8.01. The molecule has 114 valence electrons. The van der Waals surface area contributed by atoms with Gasteiger partial charge in [0.15, 0.2) is 5.43 Å². The Morgan fingerprint density at radius 1 is 1.00 bits per heavy atom. The van der Waals surface area contributed by atoms with Gasteiger partial charge in [-0.1, -0.05) is 36.4 Å². The van der Waals surface area contributed by atoms with E-state index in [9.17, 15) is 4.79 Å². The van der Waals surface area contributed by atoms with Crippen LogP contribution in [0, 0.1) is 0 Å². The SMILES string of the molecule is O=c1c2c(sc3ccccc13)SCC=C2COc1ccccc1. The highest BCUT2D eigenvalue weighted by Crippen LogP contribution is 2.37. The first-order valence-corrected chi connectivity index (χ1v) is 9.19. The van der Waals surface area contributed by atoms with Crippen LogP contribution in [0.15, 0.2) is 69.7 Å². The third-order valence-electron chi connectivity index (χ3n) is 3.77. The van der Waals surface area contributed by atoms with E-state index in [1.54, 1.807) is 23.1 Å². The summed E-state index contributed by atoms with van der Waals surface area (Å²) in [6, 6.07) is 17.5. The maximum Gasteiger partial charge on any atom is 0.196 e. The lowest BCUT2D eigenvalue weighted by molar-refractivity contribution is 0.369. The fourth-order valence-corrected chi connectivity index (χ4v) is 5.09. The van der Waals surface area contributed by atoms with Crippen LogP contribution in [0.25, 0.3) is 15.7 Å². The molecule has 1 aliphatic rings. The minimum absolute atomic E-state index is 0.115. The van der Waals surface area contributed by atoms with Gasteiger partial charge in [0.25, 0.3) is 0 Å². The Balaban J connectivity index is 1.73. The molecule has 1 aromatic heterocycles. The van der Waals surface area contributed by atoms with Crippen molar-refractivity contribution in [2.45, 2.75) is 4.21 Å². The van der Waals surface area contributed by atoms with Crippen LogP contribution >= 0.6 is 23.1 Å². The first-order chi connectivity index (χ1) is 11.3. The summed E-state index contributed by atoms with van der Waals surface area (Å²) in [4.78, 5) is 12.9. The van der Waals surface area contributed by atoms with E-state index in [0.717, 1.165) is 36.9 Å². The van der Waals surface area contributed by atoms with Crippen LogP contribution in [0.2, 0.25) is 0 Å². The number of hydrogen-bond acceptors (Lipinski definition) is 4. The average Bonchev–Trinajstić information content (AvgIpc) is 2.61. The average molecular weight is 338 g/mol. The quantitative estimate of drug-likeness (QED) is 0.684. The summed E-state index contributed by atoms with van der Waals surface area (Å²) in [7, 11) is 0. The highest BCUT2D eigenvalue weighted by atomic mass is 32.2. The van der Waals surface area contributed by atoms with E-state index in [0.29, 0.717) is 6.61 Å². The van der Waals surface area contributed by atoms with Gasteiger partial charge in [-0.3, -0.25) is 4.79 Å². The molecule has 2 nitrogen and oxygen atoms in total. The summed E-state index contributed by atoms with van der Waals surface area (Å²) in [5, 5.41) is 0.796. The minimum Gasteiger partial charge on any atom is -0.489 e. The number of thioether (sulfide) groups is 1. The van der Waals surface area contributed by atoms with Gasteiger partial charge >= 0.3 is 0 Å². The summed E-state index contributed by atoms with van der Waals surface area (Å²) in [6.45, 7) is 0.428. The molecule has 0 aliphatic carbocycles. The molecule has 0 amide bonds. The monoisotopic (exact) mass is 338 g/mol. The molecule has 2 aromatic carbocycles. The van der Waals surface area contributed by atoms with Crippen molar-refractivity contribution in [3.63, 3.8) is 0 Å². The maximum atomic E-state index is 12.9. The van der Waals surface area contributed by atoms with E-state index >= 15 is 0 Å². The number of ether oxygens (including phenoxy) is 1. The second kappa shape index (κ2) is 6.22. The standard InChI is InChI=1S/C19H14O2S2/c20-18-15-8-4-5-9-16(15)23-19-17(18)13(10-11-22-19)12-21-14-6-2-1-3-7-14/h1-10H,11-12H2. The second-order valence-corrected chi connectivity index (χ2v) is 7.57. The summed E-state index contributed by atoms with van der Waals surface area (Å²) < 4.78 is 8.01. The third-order valence-corrected chi connectivity index (χ3v) is 6.14. The van der Waals surface area contributed by atoms with Gasteiger partial charge in [-0.2, -0.15) is 0 Å². The molecule has 0 unspecified atom stereocenters. The number of benzene rings is 2. The van der Waals surface area contributed by atoms with Gasteiger partial charge < -0.3 is 4.74 Å². The molecule has 1 aliphatic heterocycles. The van der Waals surface area contributed by atoms with Gasteiger partial charge in [-0.15, -0.1) is 23.1 Å². The molecule has 0 N–H and O–H groups in total. The Bertz CT molecular complexity index is 942. The van der Waals surface area contributed by atoms with Crippen LogP contribution in [0.4, 0.5) is 0 Å². The number of hydrogen-bond donors (Lipinski definition) is 0. The lowest BCUT2D eigenvalue weighted by Gasteiger charge is -2.17. The van der Waals surface area contributed by atoms with E-state index in [4.69, 9.17) is 4.74 Å². The van der Waals surface area contributed by atoms with Crippen LogP contribution in [-0.4, -0.2) is 12.4 Å². The normalized spacial score (nSPS) is 13.5. The molecule has 2 heterocycles. The fraction of sp³-hybridized carbons (Fsp3) is 0.105. The van der Waals surface area contributed by atoms with Gasteiger partial charge in [0, 0.05) is 15.8 Å². The summed E-state index contributed by atoms with van der Waals surface area (Å²) in [6.07, 6.45) is 2.11. The molecule has 23 heavy (non-hydrogen) atoms. The molecule has 0 bridgehead atoms. The second-order valence-electron chi connectivity index (χ2n) is 5.23. The Kier molecular flexibility index (Phi) is 3.93. The Morgan fingerprint density at radius 3 is 2.65 bits per heavy atom. The van der Waals surface area contributed by atoms with Crippen molar-refractivity contribution in [3.8, 4) is 5.75 Å². The van der Waals surface area contributed by atoms with E-state index in [-0.39, 0.29) is 5.43 Å². The van der Waals surface area contributed by atoms with Crippen molar-refractivity contribution < 1.29 is 4.74 Å². The molecule has 0 radical (unpaired) electrons. The zero-order valence-corrected chi connectivity index (χ0v) is 14.0. The van der Waals surface area contributed by atoms with Crippen molar-refractivity contribution >= 4 is 38.8 Å². The van der Waals surface area contributed by atoms with Gasteiger partial charge in [0.2, 0.25) is 0 Å². The fourth-order valence-electron chi connectivity index (χ4n) is 2.63. The van der Waals surface area contributed by atoms with Gasteiger partial charge in [-0.25, -0.2) is 0 Å². The Labute approximate surface area is 142 Å². The summed E-state index contributed by atoms with van der Waals surface area (Å²) in [5.41, 5.74) is 1.93. The minimum atomic E-state index is 0.115. The van der Waals surface area contributed by atoms with Crippen LogP contribution in [0.5, 0.6) is 5.75 Å². The third kappa shape index (κ3) is 2.80. The predicted octanol–water partition coefficient (Wildman–Crippen LogP) is 4.83. The molecule has 0 saturated heterocycles. The molecule has 4 heteroatoms. The topological polar surface area (TPSA) is 26.3 Å². The Hall–Kier alpha value is -2.04. The molecule has 0 spiro atoms. The molecule has 3 aromatic rings. The van der Waals surface area contributed by atoms with Crippen LogP contribution in [0.1, 0.15) is 5.56 Å². The lowest BCUT2D eigenvalue weighted by atomic mass is 10.1. The highest BCUT2D eigenvalue weighted by Gasteiger charge is 2.20. The van der Waals surface area contributed by atoms with Crippen molar-refractivity contribution in [1.82, 2.24) is 0 Å². The van der Waals surface area contributed by atoms with Gasteiger partial charge in [0.05, 0.1) is 9.77 Å². The van der Waals surface area contributed by atoms with E-state index < -0.39 is 0 Å². The van der Waals surface area contributed by atoms with E-state index in [2.05, 4.69) is 6.08 Å².